The summed E-state index contributed by atoms with van der Waals surface area (Å²) in [4.78, 5) is 37.6. The van der Waals surface area contributed by atoms with Gasteiger partial charge in [-0.25, -0.2) is 22.5 Å². The van der Waals surface area contributed by atoms with Crippen LogP contribution in [0.2, 0.25) is 0 Å². The van der Waals surface area contributed by atoms with Gasteiger partial charge in [0.15, 0.2) is 0 Å². The number of methoxy groups -OCH3 is 1. The lowest BCUT2D eigenvalue weighted by Crippen LogP contribution is -2.56. The van der Waals surface area contributed by atoms with Crippen LogP contribution in [0.5, 0.6) is 0 Å². The Morgan fingerprint density at radius 1 is 0.983 bits per heavy atom. The van der Waals surface area contributed by atoms with E-state index in [2.05, 4.69) is 35.1 Å². The summed E-state index contributed by atoms with van der Waals surface area (Å²) in [6.45, 7) is 5.66. The van der Waals surface area contributed by atoms with Crippen LogP contribution in [0.25, 0.3) is 0 Å². The maximum absolute atomic E-state index is 15.4. The number of anilines is 4. The van der Waals surface area contributed by atoms with E-state index in [0.717, 1.165) is 56.3 Å². The Balaban J connectivity index is 0.913. The minimum absolute atomic E-state index is 0.128. The third-order valence-corrected chi connectivity index (χ3v) is 13.8. The normalized spacial score (nSPS) is 24.3. The molecule has 1 saturated carbocycles. The number of carbonyl (C=O) groups is 2. The summed E-state index contributed by atoms with van der Waals surface area (Å²) in [7, 11) is -2.41. The van der Waals surface area contributed by atoms with E-state index >= 15 is 4.39 Å². The molecule has 326 valence electrons. The highest BCUT2D eigenvalue weighted by Gasteiger charge is 2.39. The van der Waals surface area contributed by atoms with Crippen molar-refractivity contribution < 1.29 is 45.4 Å². The lowest BCUT2D eigenvalue weighted by Gasteiger charge is -2.44. The molecule has 2 aromatic carbocycles. The number of sulfonamides is 1. The maximum Gasteiger partial charge on any atom is 0.421 e. The van der Waals surface area contributed by atoms with E-state index in [4.69, 9.17) is 4.74 Å². The van der Waals surface area contributed by atoms with Crippen LogP contribution in [0.15, 0.2) is 53.6 Å². The number of hydrogen-bond donors (Lipinski definition) is 4. The quantitative estimate of drug-likeness (QED) is 0.144. The predicted octanol–water partition coefficient (Wildman–Crippen LogP) is 4.92. The van der Waals surface area contributed by atoms with Crippen molar-refractivity contribution in [2.75, 3.05) is 68.1 Å². The zero-order valence-corrected chi connectivity index (χ0v) is 34.5. The molecule has 3 aliphatic heterocycles. The van der Waals surface area contributed by atoms with E-state index < -0.39 is 33.2 Å². The van der Waals surface area contributed by atoms with Crippen LogP contribution in [0.1, 0.15) is 75.3 Å². The minimum atomic E-state index is -4.75. The van der Waals surface area contributed by atoms with Crippen LogP contribution in [0.3, 0.4) is 0 Å². The second kappa shape index (κ2) is 17.9. The Hall–Kier alpha value is -4.43. The first-order valence-corrected chi connectivity index (χ1v) is 21.9. The van der Waals surface area contributed by atoms with Gasteiger partial charge in [0.25, 0.3) is 0 Å². The monoisotopic (exact) mass is 860 g/mol. The van der Waals surface area contributed by atoms with Gasteiger partial charge in [0, 0.05) is 70.7 Å². The van der Waals surface area contributed by atoms with Crippen molar-refractivity contribution in [3.63, 3.8) is 0 Å². The van der Waals surface area contributed by atoms with E-state index in [9.17, 15) is 36.3 Å². The first-order valence-electron chi connectivity index (χ1n) is 20.4. The number of halogens is 4. The van der Waals surface area contributed by atoms with Gasteiger partial charge < -0.3 is 25.0 Å². The number of piperazine rings is 1. The fourth-order valence-corrected chi connectivity index (χ4v) is 10.0. The van der Waals surface area contributed by atoms with E-state index in [1.807, 2.05) is 24.3 Å². The first-order chi connectivity index (χ1) is 28.5. The van der Waals surface area contributed by atoms with Crippen LogP contribution in [-0.2, 0) is 30.5 Å². The highest BCUT2D eigenvalue weighted by Crippen LogP contribution is 2.38. The summed E-state index contributed by atoms with van der Waals surface area (Å²) in [5.74, 6) is -2.11. The number of benzene rings is 2. The van der Waals surface area contributed by atoms with Gasteiger partial charge in [0.05, 0.1) is 34.8 Å². The Morgan fingerprint density at radius 3 is 2.35 bits per heavy atom. The van der Waals surface area contributed by atoms with Crippen LogP contribution in [-0.4, -0.2) is 111 Å². The number of piperidine rings is 2. The molecule has 60 heavy (non-hydrogen) atoms. The fraction of sp³-hybridized carbons (Fsp3) is 0.561. The van der Waals surface area contributed by atoms with Crippen molar-refractivity contribution in [3.8, 4) is 0 Å². The smallest absolute Gasteiger partial charge is 0.390 e. The second-order valence-corrected chi connectivity index (χ2v) is 18.4. The number of amides is 2. The molecular formula is C41H52F4N8O6S. The highest BCUT2D eigenvalue weighted by molar-refractivity contribution is 7.89. The minimum Gasteiger partial charge on any atom is -0.390 e. The van der Waals surface area contributed by atoms with Gasteiger partial charge in [-0.05, 0) is 93.7 Å². The van der Waals surface area contributed by atoms with Crippen molar-refractivity contribution >= 4 is 45.0 Å². The van der Waals surface area contributed by atoms with Crippen molar-refractivity contribution in [3.05, 3.63) is 65.6 Å². The summed E-state index contributed by atoms with van der Waals surface area (Å²) >= 11 is 0. The molecule has 4 fully saturated rings. The van der Waals surface area contributed by atoms with Gasteiger partial charge in [0.1, 0.15) is 17.2 Å². The molecule has 4 aliphatic rings. The number of nitrogens with zero attached hydrogens (tertiary/aromatic N) is 5. The zero-order valence-electron chi connectivity index (χ0n) is 33.7. The van der Waals surface area contributed by atoms with E-state index in [0.29, 0.717) is 44.4 Å². The fourth-order valence-electron chi connectivity index (χ4n) is 8.69. The lowest BCUT2D eigenvalue weighted by molar-refractivity contribution is -0.138. The maximum atomic E-state index is 15.4. The molecule has 2 amide bonds. The Morgan fingerprint density at radius 2 is 1.70 bits per heavy atom. The summed E-state index contributed by atoms with van der Waals surface area (Å²) in [5, 5.41) is 15.3. The van der Waals surface area contributed by atoms with Crippen LogP contribution < -0.4 is 25.2 Å². The highest BCUT2D eigenvalue weighted by atomic mass is 32.2. The van der Waals surface area contributed by atoms with Gasteiger partial charge in [-0.2, -0.15) is 18.2 Å². The number of hydrogen-bond acceptors (Lipinski definition) is 12. The van der Waals surface area contributed by atoms with Crippen molar-refractivity contribution in [2.45, 2.75) is 93.0 Å². The average molecular weight is 861 g/mol. The van der Waals surface area contributed by atoms with E-state index in [1.54, 1.807) is 14.0 Å². The molecule has 1 aliphatic carbocycles. The number of carbonyl (C=O) groups excluding carboxylic acids is 2. The topological polar surface area (TPSA) is 169 Å². The molecule has 7 rings (SSSR count). The molecular weight excluding hydrogens is 809 g/mol. The predicted molar refractivity (Wildman–Crippen MR) is 216 cm³/mol. The third kappa shape index (κ3) is 10.4. The summed E-state index contributed by atoms with van der Waals surface area (Å²) in [5.41, 5.74) is -0.328. The lowest BCUT2D eigenvalue weighted by atomic mass is 9.85. The van der Waals surface area contributed by atoms with Crippen molar-refractivity contribution in [2.24, 2.45) is 5.92 Å². The van der Waals surface area contributed by atoms with Gasteiger partial charge >= 0.3 is 6.18 Å². The molecule has 1 aromatic heterocycles. The van der Waals surface area contributed by atoms with Crippen LogP contribution in [0, 0.1) is 11.7 Å². The standard InChI is InChI=1S/C41H52F4N8O6S/c1-40(56)15-17-51(18-16-40)37-33(41(43,44)45)22-46-39(49-37)47-35-13-11-31(21-34(35)42)60(57,58)50-28-7-3-26(4-8-28)23-52-19-20-53(24-30(52)25-59-2)29-9-5-27(6-10-29)32-12-14-36(54)48-38(32)55/h5-6,9-11,13,21-22,26,28,30,32,50,56H,3-4,7-8,12,14-20,23-25H2,1-2H3,(H,46,47,49)(H,48,54,55)/t26?,28?,30-,32?/m1/s1. The van der Waals surface area contributed by atoms with E-state index in [-0.39, 0.29) is 78.1 Å². The average Bonchev–Trinajstić information content (AvgIpc) is 3.20. The molecule has 4 N–H and O–H groups in total. The zero-order chi connectivity index (χ0) is 42.8. The summed E-state index contributed by atoms with van der Waals surface area (Å²) < 4.78 is 92.1. The van der Waals surface area contributed by atoms with E-state index in [1.165, 1.54) is 17.0 Å². The number of alkyl halides is 3. The molecule has 2 atom stereocenters. The molecule has 0 radical (unpaired) electrons. The second-order valence-electron chi connectivity index (χ2n) is 16.7. The Labute approximate surface area is 347 Å². The van der Waals surface area contributed by atoms with Gasteiger partial charge in [0.2, 0.25) is 27.8 Å². The molecule has 0 spiro atoms. The van der Waals surface area contributed by atoms with Gasteiger partial charge in [-0.3, -0.25) is 19.8 Å². The molecule has 1 unspecified atom stereocenters. The Kier molecular flexibility index (Phi) is 13.0. The summed E-state index contributed by atoms with van der Waals surface area (Å²) in [6.07, 6.45) is 0.0195. The molecule has 0 bridgehead atoms. The molecule has 14 nitrogen and oxygen atoms in total. The van der Waals surface area contributed by atoms with Gasteiger partial charge in [-0.15, -0.1) is 0 Å². The number of rotatable bonds is 12. The first kappa shape index (κ1) is 43.7. The van der Waals surface area contributed by atoms with Crippen LogP contribution in [0.4, 0.5) is 40.7 Å². The van der Waals surface area contributed by atoms with Crippen LogP contribution >= 0.6 is 0 Å². The largest absolute Gasteiger partial charge is 0.421 e. The number of nitrogens with one attached hydrogen (secondary N) is 3. The summed E-state index contributed by atoms with van der Waals surface area (Å²) in [6, 6.07) is 11.1. The van der Waals surface area contributed by atoms with Gasteiger partial charge in [-0.1, -0.05) is 12.1 Å². The SMILES string of the molecule is COC[C@H]1CN(c2ccc(C3CCC(=O)NC3=O)cc2)CCN1CC1CCC(NS(=O)(=O)c2ccc(Nc3ncc(C(F)(F)F)c(N4CCC(C)(O)CC4)n3)c(F)c2)CC1. The van der Waals surface area contributed by atoms with Crippen molar-refractivity contribution in [1.82, 2.24) is 24.9 Å². The number of ether oxygens (including phenoxy) is 1. The Bertz CT molecular complexity index is 2130. The molecule has 4 heterocycles. The number of imide groups is 1. The number of aliphatic hydroxyl groups is 1. The third-order valence-electron chi connectivity index (χ3n) is 12.2. The van der Waals surface area contributed by atoms with Crippen molar-refractivity contribution in [1.29, 1.82) is 0 Å². The molecule has 19 heteroatoms. The molecule has 3 aromatic rings. The number of aromatic nitrogens is 2. The molecule has 3 saturated heterocycles.